The Hall–Kier alpha value is -0.650. The molecular formula is C16H29N3OS. The van der Waals surface area contributed by atoms with Gasteiger partial charge in [-0.15, -0.1) is 11.3 Å². The molecule has 1 fully saturated rings. The summed E-state index contributed by atoms with van der Waals surface area (Å²) in [6.07, 6.45) is 2.52. The molecule has 2 rings (SSSR count). The maximum absolute atomic E-state index is 5.75. The summed E-state index contributed by atoms with van der Waals surface area (Å²) in [5, 5.41) is 4.62. The lowest BCUT2D eigenvalue weighted by atomic mass is 10.0. The Morgan fingerprint density at radius 3 is 3.00 bits per heavy atom. The summed E-state index contributed by atoms with van der Waals surface area (Å²) >= 11 is 1.86. The lowest BCUT2D eigenvalue weighted by Gasteiger charge is -2.21. The van der Waals surface area contributed by atoms with Crippen LogP contribution in [0.3, 0.4) is 0 Å². The lowest BCUT2D eigenvalue weighted by molar-refractivity contribution is 0.0821. The van der Waals surface area contributed by atoms with Crippen molar-refractivity contribution >= 4 is 16.5 Å². The van der Waals surface area contributed by atoms with Crippen molar-refractivity contribution in [3.63, 3.8) is 0 Å². The van der Waals surface area contributed by atoms with Crippen molar-refractivity contribution < 1.29 is 4.74 Å². The molecule has 0 spiro atoms. The van der Waals surface area contributed by atoms with E-state index in [0.717, 1.165) is 45.6 Å². The Kier molecular flexibility index (Phi) is 6.45. The zero-order valence-electron chi connectivity index (χ0n) is 13.8. The van der Waals surface area contributed by atoms with Gasteiger partial charge < -0.3 is 15.0 Å². The normalized spacial score (nSPS) is 21.3. The number of aromatic nitrogens is 1. The van der Waals surface area contributed by atoms with E-state index in [9.17, 15) is 0 Å². The van der Waals surface area contributed by atoms with Crippen molar-refractivity contribution in [2.45, 2.75) is 59.1 Å². The van der Waals surface area contributed by atoms with Gasteiger partial charge in [-0.25, -0.2) is 4.98 Å². The average Bonchev–Trinajstić information content (AvgIpc) is 2.79. The molecule has 2 unspecified atom stereocenters. The molecule has 4 nitrogen and oxygen atoms in total. The predicted octanol–water partition coefficient (Wildman–Crippen LogP) is 3.38. The maximum Gasteiger partial charge on any atom is 0.185 e. The molecular weight excluding hydrogens is 282 g/mol. The van der Waals surface area contributed by atoms with E-state index in [1.54, 1.807) is 0 Å². The van der Waals surface area contributed by atoms with Crippen LogP contribution in [0.5, 0.6) is 0 Å². The Morgan fingerprint density at radius 2 is 2.29 bits per heavy atom. The van der Waals surface area contributed by atoms with E-state index in [-0.39, 0.29) is 0 Å². The molecule has 120 valence electrons. The van der Waals surface area contributed by atoms with Crippen LogP contribution in [0.25, 0.3) is 0 Å². The predicted molar refractivity (Wildman–Crippen MR) is 90.4 cm³/mol. The number of nitrogens with one attached hydrogen (secondary N) is 1. The minimum atomic E-state index is 0.292. The molecule has 0 saturated carbocycles. The van der Waals surface area contributed by atoms with Crippen molar-refractivity contribution in [3.8, 4) is 0 Å². The van der Waals surface area contributed by atoms with Crippen LogP contribution >= 0.6 is 11.3 Å². The summed E-state index contributed by atoms with van der Waals surface area (Å²) in [6, 6.07) is 0. The molecule has 1 aromatic rings. The molecule has 0 aliphatic carbocycles. The molecule has 1 aliphatic rings. The van der Waals surface area contributed by atoms with Crippen LogP contribution in [-0.4, -0.2) is 37.3 Å². The first-order valence-corrected chi connectivity index (χ1v) is 9.04. The van der Waals surface area contributed by atoms with E-state index in [0.29, 0.717) is 12.0 Å². The van der Waals surface area contributed by atoms with Gasteiger partial charge in [-0.1, -0.05) is 20.8 Å². The minimum Gasteiger partial charge on any atom is -0.377 e. The van der Waals surface area contributed by atoms with Gasteiger partial charge in [0, 0.05) is 31.1 Å². The van der Waals surface area contributed by atoms with E-state index < -0.39 is 0 Å². The van der Waals surface area contributed by atoms with Gasteiger partial charge in [-0.2, -0.15) is 0 Å². The minimum absolute atomic E-state index is 0.292. The van der Waals surface area contributed by atoms with Gasteiger partial charge in [0.1, 0.15) is 0 Å². The van der Waals surface area contributed by atoms with E-state index in [2.05, 4.69) is 37.9 Å². The fraction of sp³-hybridized carbons (Fsp3) is 0.812. The summed E-state index contributed by atoms with van der Waals surface area (Å²) in [4.78, 5) is 8.79. The smallest absolute Gasteiger partial charge is 0.185 e. The number of ether oxygens (including phenoxy) is 1. The van der Waals surface area contributed by atoms with Gasteiger partial charge >= 0.3 is 0 Å². The third-order valence-corrected chi connectivity index (χ3v) is 5.19. The molecule has 0 aromatic carbocycles. The van der Waals surface area contributed by atoms with Gasteiger partial charge in [-0.05, 0) is 32.2 Å². The maximum atomic E-state index is 5.75. The Bertz CT molecular complexity index is 435. The molecule has 1 N–H and O–H groups in total. The van der Waals surface area contributed by atoms with Gasteiger partial charge in [0.05, 0.1) is 11.8 Å². The first-order valence-electron chi connectivity index (χ1n) is 8.22. The number of thiazole rings is 1. The van der Waals surface area contributed by atoms with E-state index >= 15 is 0 Å². The molecule has 5 heteroatoms. The van der Waals surface area contributed by atoms with Crippen LogP contribution in [0, 0.1) is 0 Å². The summed E-state index contributed by atoms with van der Waals surface area (Å²) in [5.41, 5.74) is 1.29. The fourth-order valence-corrected chi connectivity index (χ4v) is 3.78. The quantitative estimate of drug-likeness (QED) is 0.874. The van der Waals surface area contributed by atoms with Gasteiger partial charge in [0.2, 0.25) is 0 Å². The summed E-state index contributed by atoms with van der Waals surface area (Å²) in [7, 11) is 0. The number of anilines is 1. The Balaban J connectivity index is 2.20. The highest BCUT2D eigenvalue weighted by molar-refractivity contribution is 7.15. The van der Waals surface area contributed by atoms with Gasteiger partial charge in [0.15, 0.2) is 5.13 Å². The molecule has 0 amide bonds. The van der Waals surface area contributed by atoms with E-state index in [4.69, 9.17) is 9.72 Å². The molecule has 1 aromatic heterocycles. The molecule has 21 heavy (non-hydrogen) atoms. The van der Waals surface area contributed by atoms with E-state index in [1.807, 2.05) is 11.3 Å². The molecule has 2 heterocycles. The van der Waals surface area contributed by atoms with Crippen molar-refractivity contribution in [1.29, 1.82) is 0 Å². The fourth-order valence-electron chi connectivity index (χ4n) is 2.60. The highest BCUT2D eigenvalue weighted by Gasteiger charge is 2.22. The average molecular weight is 311 g/mol. The van der Waals surface area contributed by atoms with Crippen LogP contribution in [0.1, 0.15) is 57.0 Å². The highest BCUT2D eigenvalue weighted by atomic mass is 32.1. The molecule has 2 atom stereocenters. The molecule has 0 radical (unpaired) electrons. The van der Waals surface area contributed by atoms with Crippen LogP contribution in [-0.2, 0) is 11.3 Å². The van der Waals surface area contributed by atoms with Crippen molar-refractivity contribution in [3.05, 3.63) is 10.6 Å². The van der Waals surface area contributed by atoms with Crippen molar-refractivity contribution in [2.24, 2.45) is 0 Å². The van der Waals surface area contributed by atoms with Crippen LogP contribution in [0.2, 0.25) is 0 Å². The second-order valence-electron chi connectivity index (χ2n) is 5.88. The number of nitrogens with zero attached hydrogens (tertiary/aromatic N) is 2. The second kappa shape index (κ2) is 8.11. The molecule has 1 aliphatic heterocycles. The van der Waals surface area contributed by atoms with Crippen LogP contribution < -0.4 is 10.2 Å². The summed E-state index contributed by atoms with van der Waals surface area (Å²) in [6.45, 7) is 13.6. The number of hydrogen-bond acceptors (Lipinski definition) is 5. The summed E-state index contributed by atoms with van der Waals surface area (Å²) < 4.78 is 5.75. The summed E-state index contributed by atoms with van der Waals surface area (Å²) in [5.74, 6) is 0.532. The SMILES string of the molecule is CCNCc1sc(N2CCCOC(C)C2)nc1C(C)CC. The first kappa shape index (κ1) is 16.7. The van der Waals surface area contributed by atoms with Crippen molar-refractivity contribution in [1.82, 2.24) is 10.3 Å². The standard InChI is InChI=1S/C16H29N3OS/c1-5-12(3)15-14(10-17-6-2)21-16(18-15)19-8-7-9-20-13(4)11-19/h12-13,17H,5-11H2,1-4H3. The highest BCUT2D eigenvalue weighted by Crippen LogP contribution is 2.32. The number of rotatable bonds is 6. The second-order valence-corrected chi connectivity index (χ2v) is 6.94. The zero-order chi connectivity index (χ0) is 15.2. The molecule has 0 bridgehead atoms. The van der Waals surface area contributed by atoms with Crippen LogP contribution in [0.4, 0.5) is 5.13 Å². The first-order chi connectivity index (χ1) is 10.2. The van der Waals surface area contributed by atoms with Gasteiger partial charge in [0.25, 0.3) is 0 Å². The van der Waals surface area contributed by atoms with E-state index in [1.165, 1.54) is 15.7 Å². The third kappa shape index (κ3) is 4.41. The number of hydrogen-bond donors (Lipinski definition) is 1. The monoisotopic (exact) mass is 311 g/mol. The Labute approximate surface area is 132 Å². The topological polar surface area (TPSA) is 37.4 Å². The largest absolute Gasteiger partial charge is 0.377 e. The Morgan fingerprint density at radius 1 is 1.48 bits per heavy atom. The van der Waals surface area contributed by atoms with Crippen molar-refractivity contribution in [2.75, 3.05) is 31.1 Å². The zero-order valence-corrected chi connectivity index (χ0v) is 14.6. The third-order valence-electron chi connectivity index (χ3n) is 4.05. The molecule has 1 saturated heterocycles. The van der Waals surface area contributed by atoms with Gasteiger partial charge in [-0.3, -0.25) is 0 Å². The van der Waals surface area contributed by atoms with Crippen LogP contribution in [0.15, 0.2) is 0 Å². The lowest BCUT2D eigenvalue weighted by Crippen LogP contribution is -2.30.